The predicted octanol–water partition coefficient (Wildman–Crippen LogP) is 1.62. The van der Waals surface area contributed by atoms with Gasteiger partial charge < -0.3 is 21.1 Å². The Morgan fingerprint density at radius 1 is 1.12 bits per heavy atom. The Morgan fingerprint density at radius 2 is 1.84 bits per heavy atom. The van der Waals surface area contributed by atoms with Gasteiger partial charge in [0.2, 0.25) is 6.41 Å². The highest BCUT2D eigenvalue weighted by molar-refractivity contribution is 6.11. The van der Waals surface area contributed by atoms with Crippen LogP contribution in [0.1, 0.15) is 6.42 Å². The van der Waals surface area contributed by atoms with Gasteiger partial charge in [0.15, 0.2) is 0 Å². The minimum atomic E-state index is -0.545. The number of hydrogen-bond acceptors (Lipinski definition) is 5. The zero-order valence-electron chi connectivity index (χ0n) is 13.5. The molecule has 2 amide bonds. The van der Waals surface area contributed by atoms with Crippen molar-refractivity contribution < 1.29 is 14.7 Å². The molecule has 0 aliphatic carbocycles. The molecule has 4 N–H and O–H groups in total. The normalized spacial score (nSPS) is 10.8. The van der Waals surface area contributed by atoms with E-state index in [9.17, 15) is 14.7 Å². The van der Waals surface area contributed by atoms with E-state index in [1.54, 1.807) is 36.4 Å². The van der Waals surface area contributed by atoms with Crippen molar-refractivity contribution >= 4 is 28.8 Å². The molecule has 7 nitrogen and oxygen atoms in total. The van der Waals surface area contributed by atoms with Crippen LogP contribution in [0, 0.1) is 11.3 Å². The number of phenols is 1. The summed E-state index contributed by atoms with van der Waals surface area (Å²) in [5.41, 5.74) is 0.440. The number of carbonyl (C=O) groups is 2. The molecule has 2 aromatic rings. The van der Waals surface area contributed by atoms with Gasteiger partial charge in [0.1, 0.15) is 17.4 Å². The number of fused-ring (bicyclic) bond motifs is 1. The van der Waals surface area contributed by atoms with Crippen LogP contribution in [0.25, 0.3) is 10.8 Å². The smallest absolute Gasteiger partial charge is 0.267 e. The van der Waals surface area contributed by atoms with Crippen molar-refractivity contribution in [1.82, 2.24) is 10.6 Å². The van der Waals surface area contributed by atoms with Crippen LogP contribution in [0.2, 0.25) is 0 Å². The van der Waals surface area contributed by atoms with Gasteiger partial charge in [-0.05, 0) is 18.6 Å². The number of nitrogens with one attached hydrogen (secondary N) is 3. The van der Waals surface area contributed by atoms with Crippen molar-refractivity contribution in [1.29, 1.82) is 5.26 Å². The first-order valence-electron chi connectivity index (χ1n) is 7.70. The summed E-state index contributed by atoms with van der Waals surface area (Å²) in [4.78, 5) is 22.4. The number of aromatic hydroxyl groups is 1. The van der Waals surface area contributed by atoms with Gasteiger partial charge in [0.05, 0.1) is 0 Å². The van der Waals surface area contributed by atoms with E-state index in [0.29, 0.717) is 42.4 Å². The van der Waals surface area contributed by atoms with Crippen molar-refractivity contribution in [2.45, 2.75) is 6.42 Å². The molecule has 0 bridgehead atoms. The number of phenolic OH excluding ortho intramolecular Hbond substituents is 1. The van der Waals surface area contributed by atoms with E-state index in [1.165, 1.54) is 6.20 Å². The van der Waals surface area contributed by atoms with E-state index in [-0.39, 0.29) is 11.3 Å². The number of anilines is 1. The molecular formula is C18H18N4O3. The monoisotopic (exact) mass is 338 g/mol. The van der Waals surface area contributed by atoms with Crippen molar-refractivity contribution in [3.05, 3.63) is 48.2 Å². The van der Waals surface area contributed by atoms with Gasteiger partial charge in [-0.1, -0.05) is 24.3 Å². The van der Waals surface area contributed by atoms with Gasteiger partial charge in [-0.3, -0.25) is 9.59 Å². The van der Waals surface area contributed by atoms with Crippen LogP contribution in [0.4, 0.5) is 5.69 Å². The fraction of sp³-hybridized carbons (Fsp3) is 0.167. The summed E-state index contributed by atoms with van der Waals surface area (Å²) in [6, 6.07) is 12.0. The van der Waals surface area contributed by atoms with E-state index in [4.69, 9.17) is 5.26 Å². The minimum absolute atomic E-state index is 0.0690. The molecule has 0 fully saturated rings. The zero-order chi connectivity index (χ0) is 18.1. The Hall–Kier alpha value is -3.53. The fourth-order valence-electron chi connectivity index (χ4n) is 2.27. The second-order valence-electron chi connectivity index (χ2n) is 5.18. The molecular weight excluding hydrogens is 320 g/mol. The largest absolute Gasteiger partial charge is 0.507 e. The topological polar surface area (TPSA) is 114 Å². The highest BCUT2D eigenvalue weighted by Gasteiger charge is 2.11. The van der Waals surface area contributed by atoms with Gasteiger partial charge in [-0.15, -0.1) is 0 Å². The van der Waals surface area contributed by atoms with Crippen molar-refractivity contribution in [3.8, 4) is 11.8 Å². The molecule has 2 aromatic carbocycles. The lowest BCUT2D eigenvalue weighted by atomic mass is 10.1. The highest BCUT2D eigenvalue weighted by atomic mass is 16.3. The summed E-state index contributed by atoms with van der Waals surface area (Å²) in [5, 5.41) is 28.4. The standard InChI is InChI=1S/C18H18N4O3/c19-10-13(11-20-8-3-9-21-12-23)18(25)22-16-6-1-5-15-14(16)4-2-7-17(15)24/h1-2,4-7,11-12,20,24H,3,8-9H2,(H,21,23)(H,22,25)/b13-11-. The molecule has 0 aliphatic rings. The molecule has 0 radical (unpaired) electrons. The second-order valence-corrected chi connectivity index (χ2v) is 5.18. The number of hydrogen-bond donors (Lipinski definition) is 4. The first-order valence-corrected chi connectivity index (χ1v) is 7.70. The second kappa shape index (κ2) is 8.93. The lowest BCUT2D eigenvalue weighted by Gasteiger charge is -2.09. The number of amides is 2. The molecule has 25 heavy (non-hydrogen) atoms. The van der Waals surface area contributed by atoms with Gasteiger partial charge in [-0.25, -0.2) is 0 Å². The third-order valence-electron chi connectivity index (χ3n) is 3.48. The summed E-state index contributed by atoms with van der Waals surface area (Å²) < 4.78 is 0. The van der Waals surface area contributed by atoms with E-state index in [1.807, 2.05) is 6.07 Å². The van der Waals surface area contributed by atoms with Gasteiger partial charge in [-0.2, -0.15) is 5.26 Å². The maximum absolute atomic E-state index is 12.3. The molecule has 0 aliphatic heterocycles. The molecule has 0 spiro atoms. The van der Waals surface area contributed by atoms with Crippen LogP contribution in [0.5, 0.6) is 5.75 Å². The summed E-state index contributed by atoms with van der Waals surface area (Å²) in [6.07, 6.45) is 2.63. The van der Waals surface area contributed by atoms with Crippen LogP contribution in [-0.2, 0) is 9.59 Å². The summed E-state index contributed by atoms with van der Waals surface area (Å²) in [6.45, 7) is 1.03. The SMILES string of the molecule is N#C/C(=C/NCCCNC=O)C(=O)Nc1cccc2c(O)cccc12. The first kappa shape index (κ1) is 17.8. The van der Waals surface area contributed by atoms with Crippen LogP contribution in [0.3, 0.4) is 0 Å². The third kappa shape index (κ3) is 4.72. The number of carbonyl (C=O) groups excluding carboxylic acids is 2. The summed E-state index contributed by atoms with van der Waals surface area (Å²) >= 11 is 0. The van der Waals surface area contributed by atoms with Crippen LogP contribution < -0.4 is 16.0 Å². The average molecular weight is 338 g/mol. The molecule has 0 aromatic heterocycles. The molecule has 0 unspecified atom stereocenters. The molecule has 0 saturated heterocycles. The molecule has 0 atom stereocenters. The summed E-state index contributed by atoms with van der Waals surface area (Å²) in [7, 11) is 0. The van der Waals surface area contributed by atoms with Gasteiger partial charge >= 0.3 is 0 Å². The molecule has 128 valence electrons. The van der Waals surface area contributed by atoms with Crippen molar-refractivity contribution in [3.63, 3.8) is 0 Å². The number of nitriles is 1. The van der Waals surface area contributed by atoms with Crippen molar-refractivity contribution in [2.24, 2.45) is 0 Å². The lowest BCUT2D eigenvalue weighted by molar-refractivity contribution is -0.112. The van der Waals surface area contributed by atoms with Crippen LogP contribution >= 0.6 is 0 Å². The number of benzene rings is 2. The highest BCUT2D eigenvalue weighted by Crippen LogP contribution is 2.29. The Labute approximate surface area is 145 Å². The summed E-state index contributed by atoms with van der Waals surface area (Å²) in [5.74, 6) is -0.424. The predicted molar refractivity (Wildman–Crippen MR) is 94.6 cm³/mol. The van der Waals surface area contributed by atoms with E-state index >= 15 is 0 Å². The first-order chi connectivity index (χ1) is 12.2. The minimum Gasteiger partial charge on any atom is -0.507 e. The van der Waals surface area contributed by atoms with E-state index in [2.05, 4.69) is 16.0 Å². The number of rotatable bonds is 8. The fourth-order valence-corrected chi connectivity index (χ4v) is 2.27. The van der Waals surface area contributed by atoms with Gasteiger partial charge in [0.25, 0.3) is 5.91 Å². The Morgan fingerprint density at radius 3 is 2.60 bits per heavy atom. The van der Waals surface area contributed by atoms with Crippen LogP contribution in [0.15, 0.2) is 48.2 Å². The molecule has 7 heteroatoms. The molecule has 0 heterocycles. The van der Waals surface area contributed by atoms with Crippen LogP contribution in [-0.4, -0.2) is 30.5 Å². The van der Waals surface area contributed by atoms with E-state index in [0.717, 1.165) is 0 Å². The zero-order valence-corrected chi connectivity index (χ0v) is 13.5. The molecule has 0 saturated carbocycles. The maximum atomic E-state index is 12.3. The Kier molecular flexibility index (Phi) is 6.37. The average Bonchev–Trinajstić information content (AvgIpc) is 2.62. The van der Waals surface area contributed by atoms with E-state index < -0.39 is 5.91 Å². The molecule has 2 rings (SSSR count). The Bertz CT molecular complexity index is 840. The third-order valence-corrected chi connectivity index (χ3v) is 3.48. The number of nitrogens with zero attached hydrogens (tertiary/aromatic N) is 1. The van der Waals surface area contributed by atoms with Gasteiger partial charge in [0, 0.05) is 35.7 Å². The Balaban J connectivity index is 2.06. The maximum Gasteiger partial charge on any atom is 0.267 e. The lowest BCUT2D eigenvalue weighted by Crippen LogP contribution is -2.20. The quantitative estimate of drug-likeness (QED) is 0.253. The van der Waals surface area contributed by atoms with Crippen molar-refractivity contribution in [2.75, 3.05) is 18.4 Å².